The Bertz CT molecular complexity index is 255. The third kappa shape index (κ3) is 12.6. The number of rotatable bonds is 8. The van der Waals surface area contributed by atoms with Crippen LogP contribution in [0.15, 0.2) is 0 Å². The van der Waals surface area contributed by atoms with Crippen LogP contribution in [-0.4, -0.2) is 42.9 Å². The summed E-state index contributed by atoms with van der Waals surface area (Å²) in [6, 6.07) is 0. The normalized spacial score (nSPS) is 11.2. The molecule has 0 unspecified atom stereocenters. The van der Waals surface area contributed by atoms with E-state index in [1.807, 2.05) is 0 Å². The molecule has 0 aromatic rings. The molecule has 0 saturated carbocycles. The number of carbonyl (C=O) groups excluding carboxylic acids is 1. The molecule has 0 rings (SSSR count). The highest BCUT2D eigenvalue weighted by atomic mass is 19.4. The van der Waals surface area contributed by atoms with Gasteiger partial charge in [0, 0.05) is 19.4 Å². The van der Waals surface area contributed by atoms with E-state index in [1.54, 1.807) is 0 Å². The zero-order valence-corrected chi connectivity index (χ0v) is 9.05. The van der Waals surface area contributed by atoms with E-state index in [-0.39, 0.29) is 32.4 Å². The third-order valence-corrected chi connectivity index (χ3v) is 1.63. The second-order valence-corrected chi connectivity index (χ2v) is 3.27. The fraction of sp³-hybridized carbons (Fsp3) is 0.778. The van der Waals surface area contributed by atoms with Crippen LogP contribution in [0.1, 0.15) is 19.3 Å². The van der Waals surface area contributed by atoms with E-state index in [1.165, 1.54) is 0 Å². The minimum Gasteiger partial charge on any atom is -0.481 e. The largest absolute Gasteiger partial charge is 0.481 e. The van der Waals surface area contributed by atoms with E-state index in [2.05, 4.69) is 10.1 Å². The van der Waals surface area contributed by atoms with Gasteiger partial charge >= 0.3 is 12.1 Å². The summed E-state index contributed by atoms with van der Waals surface area (Å²) >= 11 is 0. The molecule has 0 atom stereocenters. The topological polar surface area (TPSA) is 75.6 Å². The van der Waals surface area contributed by atoms with Crippen molar-refractivity contribution in [3.05, 3.63) is 0 Å². The van der Waals surface area contributed by atoms with E-state index in [9.17, 15) is 22.8 Å². The lowest BCUT2D eigenvalue weighted by Crippen LogP contribution is -2.26. The van der Waals surface area contributed by atoms with Gasteiger partial charge in [0.05, 0.1) is 6.61 Å². The molecule has 0 aromatic carbocycles. The summed E-state index contributed by atoms with van der Waals surface area (Å²) in [7, 11) is 0. The van der Waals surface area contributed by atoms with E-state index in [0.29, 0.717) is 0 Å². The number of aliphatic carboxylic acids is 1. The number of carboxylic acid groups (broad SMARTS) is 1. The number of ether oxygens (including phenoxy) is 1. The summed E-state index contributed by atoms with van der Waals surface area (Å²) in [5.41, 5.74) is 0. The Labute approximate surface area is 95.9 Å². The van der Waals surface area contributed by atoms with Gasteiger partial charge in [-0.1, -0.05) is 0 Å². The van der Waals surface area contributed by atoms with E-state index in [0.717, 1.165) is 0 Å². The first-order valence-corrected chi connectivity index (χ1v) is 4.94. The summed E-state index contributed by atoms with van der Waals surface area (Å²) in [6.45, 7) is -1.51. The van der Waals surface area contributed by atoms with Gasteiger partial charge in [-0.25, -0.2) is 0 Å². The number of carbonyl (C=O) groups is 2. The van der Waals surface area contributed by atoms with Crippen LogP contribution < -0.4 is 5.32 Å². The summed E-state index contributed by atoms with van der Waals surface area (Å²) in [4.78, 5) is 21.1. The lowest BCUT2D eigenvalue weighted by atomic mass is 10.3. The zero-order valence-electron chi connectivity index (χ0n) is 9.05. The molecule has 2 N–H and O–H groups in total. The molecule has 0 aromatic heterocycles. The number of amides is 1. The first-order chi connectivity index (χ1) is 7.81. The maximum Gasteiger partial charge on any atom is 0.411 e. The van der Waals surface area contributed by atoms with Gasteiger partial charge in [0.25, 0.3) is 0 Å². The highest BCUT2D eigenvalue weighted by Crippen LogP contribution is 2.14. The summed E-state index contributed by atoms with van der Waals surface area (Å²) in [6.07, 6.45) is -4.35. The van der Waals surface area contributed by atoms with E-state index in [4.69, 9.17) is 5.11 Å². The van der Waals surface area contributed by atoms with Crippen molar-refractivity contribution in [3.63, 3.8) is 0 Å². The number of hydrogen-bond acceptors (Lipinski definition) is 3. The Hall–Kier alpha value is -1.31. The Morgan fingerprint density at radius 2 is 1.88 bits per heavy atom. The fourth-order valence-electron chi connectivity index (χ4n) is 0.909. The highest BCUT2D eigenvalue weighted by molar-refractivity contribution is 5.76. The second-order valence-electron chi connectivity index (χ2n) is 3.27. The number of alkyl halides is 3. The first-order valence-electron chi connectivity index (χ1n) is 4.94. The summed E-state index contributed by atoms with van der Waals surface area (Å²) in [5, 5.41) is 10.7. The molecule has 1 amide bonds. The predicted octanol–water partition coefficient (Wildman–Crippen LogP) is 0.936. The van der Waals surface area contributed by atoms with Crippen molar-refractivity contribution in [2.75, 3.05) is 19.8 Å². The number of carboxylic acids is 1. The van der Waals surface area contributed by atoms with Crippen LogP contribution in [0, 0.1) is 0 Å². The van der Waals surface area contributed by atoms with Crippen molar-refractivity contribution >= 4 is 11.9 Å². The van der Waals surface area contributed by atoms with Crippen LogP contribution in [0.2, 0.25) is 0 Å². The molecule has 17 heavy (non-hydrogen) atoms. The quantitative estimate of drug-likeness (QED) is 0.634. The van der Waals surface area contributed by atoms with E-state index >= 15 is 0 Å². The first kappa shape index (κ1) is 15.7. The smallest absolute Gasteiger partial charge is 0.411 e. The van der Waals surface area contributed by atoms with Crippen LogP contribution in [0.25, 0.3) is 0 Å². The lowest BCUT2D eigenvalue weighted by Gasteiger charge is -2.07. The Balaban J connectivity index is 3.38. The fourth-order valence-corrected chi connectivity index (χ4v) is 0.909. The molecular weight excluding hydrogens is 243 g/mol. The molecule has 0 fully saturated rings. The average molecular weight is 257 g/mol. The number of nitrogens with one attached hydrogen (secondary N) is 1. The molecule has 0 saturated heterocycles. The van der Waals surface area contributed by atoms with Gasteiger partial charge in [-0.05, 0) is 6.42 Å². The molecule has 0 heterocycles. The van der Waals surface area contributed by atoms with Gasteiger partial charge in [0.1, 0.15) is 6.61 Å². The van der Waals surface area contributed by atoms with Crippen LogP contribution in [-0.2, 0) is 14.3 Å². The minimum atomic E-state index is -4.39. The standard InChI is InChI=1S/C9H14F3NO4/c10-9(11,12)6-17-5-3-7(14)13-4-1-2-8(15)16/h1-6H2,(H,13,14)(H,15,16). The van der Waals surface area contributed by atoms with Crippen LogP contribution >= 0.6 is 0 Å². The highest BCUT2D eigenvalue weighted by Gasteiger charge is 2.27. The van der Waals surface area contributed by atoms with Crippen molar-refractivity contribution in [1.82, 2.24) is 5.32 Å². The van der Waals surface area contributed by atoms with Crippen molar-refractivity contribution in [2.24, 2.45) is 0 Å². The Morgan fingerprint density at radius 1 is 1.24 bits per heavy atom. The van der Waals surface area contributed by atoms with Gasteiger partial charge in [-0.3, -0.25) is 9.59 Å². The maximum absolute atomic E-state index is 11.6. The molecule has 0 aliphatic heterocycles. The van der Waals surface area contributed by atoms with Crippen LogP contribution in [0.3, 0.4) is 0 Å². The van der Waals surface area contributed by atoms with Crippen molar-refractivity contribution in [2.45, 2.75) is 25.4 Å². The molecule has 0 aliphatic carbocycles. The SMILES string of the molecule is O=C(O)CCCNC(=O)CCOCC(F)(F)F. The van der Waals surface area contributed by atoms with Gasteiger partial charge in [-0.2, -0.15) is 13.2 Å². The van der Waals surface area contributed by atoms with E-state index < -0.39 is 24.7 Å². The van der Waals surface area contributed by atoms with Gasteiger partial charge < -0.3 is 15.2 Å². The van der Waals surface area contributed by atoms with Crippen LogP contribution in [0.5, 0.6) is 0 Å². The summed E-state index contributed by atoms with van der Waals surface area (Å²) in [5.74, 6) is -1.43. The maximum atomic E-state index is 11.6. The second kappa shape index (κ2) is 7.88. The molecule has 0 bridgehead atoms. The Morgan fingerprint density at radius 3 is 2.41 bits per heavy atom. The van der Waals surface area contributed by atoms with Crippen molar-refractivity contribution < 1.29 is 32.6 Å². The molecule has 0 aliphatic rings. The predicted molar refractivity (Wildman–Crippen MR) is 51.4 cm³/mol. The molecule has 0 radical (unpaired) electrons. The number of hydrogen-bond donors (Lipinski definition) is 2. The molecule has 100 valence electrons. The van der Waals surface area contributed by atoms with Crippen molar-refractivity contribution in [3.8, 4) is 0 Å². The number of halogens is 3. The average Bonchev–Trinajstić information content (AvgIpc) is 2.18. The molecule has 0 spiro atoms. The minimum absolute atomic E-state index is 0.0646. The van der Waals surface area contributed by atoms with Gasteiger partial charge in [0.15, 0.2) is 0 Å². The molecular formula is C9H14F3NO4. The van der Waals surface area contributed by atoms with Crippen molar-refractivity contribution in [1.29, 1.82) is 0 Å². The molecule has 8 heteroatoms. The monoisotopic (exact) mass is 257 g/mol. The molecule has 5 nitrogen and oxygen atoms in total. The van der Waals surface area contributed by atoms with Gasteiger partial charge in [-0.15, -0.1) is 0 Å². The third-order valence-electron chi connectivity index (χ3n) is 1.63. The Kier molecular flexibility index (Phi) is 7.27. The lowest BCUT2D eigenvalue weighted by molar-refractivity contribution is -0.174. The van der Waals surface area contributed by atoms with Crippen LogP contribution in [0.4, 0.5) is 13.2 Å². The zero-order chi connectivity index (χ0) is 13.3. The summed E-state index contributed by atoms with van der Waals surface area (Å²) < 4.78 is 39.1. The van der Waals surface area contributed by atoms with Gasteiger partial charge in [0.2, 0.25) is 5.91 Å².